The van der Waals surface area contributed by atoms with Crippen molar-refractivity contribution in [1.29, 1.82) is 0 Å². The van der Waals surface area contributed by atoms with Crippen LogP contribution in [0.2, 0.25) is 0 Å². The lowest BCUT2D eigenvalue weighted by Crippen LogP contribution is -1.93. The van der Waals surface area contributed by atoms with Crippen molar-refractivity contribution in [2.24, 2.45) is 21.7 Å². The molecule has 0 radical (unpaired) electrons. The van der Waals surface area contributed by atoms with E-state index in [2.05, 4.69) is 256 Å². The van der Waals surface area contributed by atoms with Gasteiger partial charge in [0.1, 0.15) is 0 Å². The summed E-state index contributed by atoms with van der Waals surface area (Å²) >= 11 is 0. The van der Waals surface area contributed by atoms with Crippen molar-refractivity contribution in [3.8, 4) is 0 Å². The molecule has 6 nitrogen and oxygen atoms in total. The molecule has 0 bridgehead atoms. The van der Waals surface area contributed by atoms with Crippen molar-refractivity contribution >= 4 is 32.3 Å². The standard InChI is InChI=1S/3C10H8.3C6H6.4C5H12.6CH4O/c3*1-2-6-10-8-4-3-7-9(10)5-1;3*1-2-4-6-5-3-1;4*1-5(2,3)4;6*1-2/h3*1-8H;3*1-6H;4*1-4H3;6*2H,1H3. The molecule has 9 rings (SSSR count). The lowest BCUT2D eigenvalue weighted by atomic mass is 10.0. The first-order chi connectivity index (χ1) is 37.9. The summed E-state index contributed by atoms with van der Waals surface area (Å²) in [4.78, 5) is 0. The molecule has 9 aromatic rings. The second kappa shape index (κ2) is 61.7. The van der Waals surface area contributed by atoms with Gasteiger partial charge in [-0.2, -0.15) is 0 Å². The first-order valence-electron chi connectivity index (χ1n) is 26.9. The van der Waals surface area contributed by atoms with E-state index in [4.69, 9.17) is 30.6 Å². The molecule has 80 heavy (non-hydrogen) atoms. The normalized spacial score (nSPS) is 9.00. The molecule has 0 spiro atoms. The SMILES string of the molecule is CC(C)(C)C.CC(C)(C)C.CC(C)(C)C.CC(C)(C)C.CO.CO.CO.CO.CO.CO.c1ccc2ccccc2c1.c1ccc2ccccc2c1.c1ccc2ccccc2c1.c1ccccc1.c1ccccc1.c1ccccc1. The molecule has 0 unspecified atom stereocenters. The van der Waals surface area contributed by atoms with E-state index in [0.29, 0.717) is 21.7 Å². The summed E-state index contributed by atoms with van der Waals surface area (Å²) in [5.41, 5.74) is 2.00. The second-order valence-electron chi connectivity index (χ2n) is 22.5. The molecule has 6 N–H and O–H groups in total. The fourth-order valence-corrected chi connectivity index (χ4v) is 4.55. The number of aliphatic hydroxyl groups is 6. The third-order valence-corrected chi connectivity index (χ3v) is 6.98. The number of hydrogen-bond donors (Lipinski definition) is 6. The Morgan fingerprint density at radius 2 is 0.188 bits per heavy atom. The van der Waals surface area contributed by atoms with Crippen LogP contribution >= 0.6 is 0 Å². The lowest BCUT2D eigenvalue weighted by molar-refractivity contribution is 0.399. The number of rotatable bonds is 0. The van der Waals surface area contributed by atoms with Gasteiger partial charge >= 0.3 is 0 Å². The summed E-state index contributed by atoms with van der Waals surface area (Å²) in [6, 6.07) is 86.1. The minimum atomic E-state index is 0.500. The Kier molecular flexibility index (Phi) is 67.4. The highest BCUT2D eigenvalue weighted by molar-refractivity contribution is 5.83. The highest BCUT2D eigenvalue weighted by Crippen LogP contribution is 2.14. The van der Waals surface area contributed by atoms with Gasteiger partial charge < -0.3 is 30.6 Å². The molecule has 0 aliphatic heterocycles. The second-order valence-corrected chi connectivity index (χ2v) is 22.5. The third kappa shape index (κ3) is 82.9. The molecule has 6 heteroatoms. The smallest absolute Gasteiger partial charge is 0.0319 e. The Labute approximate surface area is 490 Å². The summed E-state index contributed by atoms with van der Waals surface area (Å²) in [5.74, 6) is 0. The van der Waals surface area contributed by atoms with Crippen molar-refractivity contribution in [2.45, 2.75) is 111 Å². The Bertz CT molecular complexity index is 1890. The quantitative estimate of drug-likeness (QED) is 0.0900. The van der Waals surface area contributed by atoms with Crippen LogP contribution in [0.25, 0.3) is 32.3 Å². The molecular formula is C74H114O6. The predicted molar refractivity (Wildman–Crippen MR) is 361 cm³/mol. The molecule has 446 valence electrons. The summed E-state index contributed by atoms with van der Waals surface area (Å²) in [7, 11) is 6.00. The first-order valence-corrected chi connectivity index (χ1v) is 26.9. The molecule has 0 aliphatic rings. The highest BCUT2D eigenvalue weighted by atomic mass is 16.2. The topological polar surface area (TPSA) is 121 Å². The maximum atomic E-state index is 7.00. The van der Waals surface area contributed by atoms with Gasteiger partial charge in [-0.25, -0.2) is 0 Å². The van der Waals surface area contributed by atoms with Crippen molar-refractivity contribution in [1.82, 2.24) is 0 Å². The molecule has 0 fully saturated rings. The average Bonchev–Trinajstić information content (AvgIpc) is 3.47. The van der Waals surface area contributed by atoms with Crippen LogP contribution in [0.3, 0.4) is 0 Å². The Balaban J connectivity index is -0.000000147. The van der Waals surface area contributed by atoms with Crippen molar-refractivity contribution in [2.75, 3.05) is 42.7 Å². The minimum absolute atomic E-state index is 0.500. The van der Waals surface area contributed by atoms with Crippen LogP contribution < -0.4 is 0 Å². The van der Waals surface area contributed by atoms with Gasteiger partial charge in [-0.05, 0) is 54.0 Å². The van der Waals surface area contributed by atoms with E-state index in [1.165, 1.54) is 32.3 Å². The van der Waals surface area contributed by atoms with E-state index in [1.54, 1.807) is 0 Å². The van der Waals surface area contributed by atoms with Crippen molar-refractivity contribution in [3.63, 3.8) is 0 Å². The average molecular weight is 1100 g/mol. The zero-order valence-electron chi connectivity index (χ0n) is 53.9. The van der Waals surface area contributed by atoms with Crippen LogP contribution in [-0.4, -0.2) is 73.3 Å². The molecule has 0 aliphatic carbocycles. The van der Waals surface area contributed by atoms with E-state index < -0.39 is 0 Å². The zero-order valence-corrected chi connectivity index (χ0v) is 53.9. The molecule has 9 aromatic carbocycles. The summed E-state index contributed by atoms with van der Waals surface area (Å²) < 4.78 is 0. The van der Waals surface area contributed by atoms with Crippen LogP contribution in [0.4, 0.5) is 0 Å². The van der Waals surface area contributed by atoms with E-state index in [9.17, 15) is 0 Å². The maximum absolute atomic E-state index is 7.00. The van der Waals surface area contributed by atoms with Gasteiger partial charge in [0.05, 0.1) is 0 Å². The number of fused-ring (bicyclic) bond motifs is 3. The van der Waals surface area contributed by atoms with Gasteiger partial charge in [0, 0.05) is 42.7 Å². The minimum Gasteiger partial charge on any atom is -0.400 e. The molecule has 0 heterocycles. The monoisotopic (exact) mass is 1100 g/mol. The van der Waals surface area contributed by atoms with E-state index in [-0.39, 0.29) is 0 Å². The fourth-order valence-electron chi connectivity index (χ4n) is 4.55. The van der Waals surface area contributed by atoms with Gasteiger partial charge in [0.25, 0.3) is 0 Å². The molecule has 0 amide bonds. The zero-order chi connectivity index (χ0) is 63.2. The van der Waals surface area contributed by atoms with E-state index in [1.807, 2.05) is 109 Å². The molecule has 0 saturated heterocycles. The van der Waals surface area contributed by atoms with Gasteiger partial charge in [-0.1, -0.05) is 366 Å². The Morgan fingerprint density at radius 3 is 0.237 bits per heavy atom. The lowest BCUT2D eigenvalue weighted by Gasteiger charge is -2.05. The van der Waals surface area contributed by atoms with Crippen LogP contribution in [0, 0.1) is 21.7 Å². The van der Waals surface area contributed by atoms with E-state index >= 15 is 0 Å². The first kappa shape index (κ1) is 87.4. The highest BCUT2D eigenvalue weighted by Gasteiger charge is 1.97. The number of benzene rings is 9. The van der Waals surface area contributed by atoms with Gasteiger partial charge in [-0.15, -0.1) is 0 Å². The summed E-state index contributed by atoms with van der Waals surface area (Å²) in [6.07, 6.45) is 0. The van der Waals surface area contributed by atoms with Gasteiger partial charge in [0.15, 0.2) is 0 Å². The molecule has 0 aromatic heterocycles. The molecule has 0 atom stereocenters. The van der Waals surface area contributed by atoms with Gasteiger partial charge in [0.2, 0.25) is 0 Å². The predicted octanol–water partition coefficient (Wildman–Crippen LogP) is 19.4. The number of aliphatic hydroxyl groups excluding tert-OH is 6. The summed E-state index contributed by atoms with van der Waals surface area (Å²) in [5, 5.41) is 49.9. The fraction of sp³-hybridized carbons (Fsp3) is 0.351. The molecule has 0 saturated carbocycles. The van der Waals surface area contributed by atoms with Crippen LogP contribution in [0.15, 0.2) is 255 Å². The maximum Gasteiger partial charge on any atom is 0.0319 e. The van der Waals surface area contributed by atoms with Crippen molar-refractivity contribution in [3.05, 3.63) is 255 Å². The van der Waals surface area contributed by atoms with Crippen LogP contribution in [-0.2, 0) is 0 Å². The van der Waals surface area contributed by atoms with Gasteiger partial charge in [-0.3, -0.25) is 0 Å². The Hall–Kier alpha value is -6.48. The number of hydrogen-bond acceptors (Lipinski definition) is 6. The summed E-state index contributed by atoms with van der Waals surface area (Å²) in [6.45, 7) is 35.0. The Morgan fingerprint density at radius 1 is 0.138 bits per heavy atom. The molecular weight excluding hydrogens is 985 g/mol. The van der Waals surface area contributed by atoms with E-state index in [0.717, 1.165) is 42.7 Å². The van der Waals surface area contributed by atoms with Crippen molar-refractivity contribution < 1.29 is 30.6 Å². The largest absolute Gasteiger partial charge is 0.400 e. The third-order valence-electron chi connectivity index (χ3n) is 6.98. The van der Waals surface area contributed by atoms with Crippen LogP contribution in [0.5, 0.6) is 0 Å². The van der Waals surface area contributed by atoms with Crippen LogP contribution in [0.1, 0.15) is 111 Å².